The maximum Gasteiger partial charge on any atom is 0.226 e. The molecule has 1 aliphatic carbocycles. The van der Waals surface area contributed by atoms with E-state index in [-0.39, 0.29) is 0 Å². The lowest BCUT2D eigenvalue weighted by atomic mass is 9.96. The number of hydrogen-bond donors (Lipinski definition) is 1. The van der Waals surface area contributed by atoms with Crippen molar-refractivity contribution >= 4 is 5.95 Å². The zero-order valence-corrected chi connectivity index (χ0v) is 13.2. The molecule has 1 aromatic carbocycles. The molecular formula is C18H20N4O. The Morgan fingerprint density at radius 3 is 2.57 bits per heavy atom. The number of aromatic nitrogens is 2. The first-order chi connectivity index (χ1) is 11.2. The van der Waals surface area contributed by atoms with Crippen molar-refractivity contribution in [1.82, 2.24) is 9.97 Å². The van der Waals surface area contributed by atoms with E-state index in [4.69, 9.17) is 10.00 Å². The Hall–Kier alpha value is -2.61. The van der Waals surface area contributed by atoms with Gasteiger partial charge >= 0.3 is 0 Å². The molecule has 0 radical (unpaired) electrons. The number of nitrogens with one attached hydrogen (secondary N) is 1. The molecule has 0 bridgehead atoms. The Labute approximate surface area is 136 Å². The van der Waals surface area contributed by atoms with Crippen molar-refractivity contribution in [3.05, 3.63) is 41.6 Å². The molecule has 1 fully saturated rings. The SMILES string of the molecule is Cc1cc(Oc2ccc(C#N)cc2)nc(NC2CCCCC2)n1. The van der Waals surface area contributed by atoms with E-state index in [1.54, 1.807) is 24.3 Å². The number of nitriles is 1. The maximum absolute atomic E-state index is 8.83. The summed E-state index contributed by atoms with van der Waals surface area (Å²) in [5.74, 6) is 1.80. The summed E-state index contributed by atoms with van der Waals surface area (Å²) < 4.78 is 5.79. The van der Waals surface area contributed by atoms with Crippen LogP contribution in [0.1, 0.15) is 43.4 Å². The largest absolute Gasteiger partial charge is 0.439 e. The second kappa shape index (κ2) is 7.10. The molecule has 0 aliphatic heterocycles. The van der Waals surface area contributed by atoms with Gasteiger partial charge in [-0.15, -0.1) is 0 Å². The van der Waals surface area contributed by atoms with E-state index in [0.717, 1.165) is 5.69 Å². The summed E-state index contributed by atoms with van der Waals surface area (Å²) in [7, 11) is 0. The predicted molar refractivity (Wildman–Crippen MR) is 88.5 cm³/mol. The Morgan fingerprint density at radius 2 is 1.87 bits per heavy atom. The minimum Gasteiger partial charge on any atom is -0.439 e. The first-order valence-electron chi connectivity index (χ1n) is 8.03. The lowest BCUT2D eigenvalue weighted by Crippen LogP contribution is -2.23. The van der Waals surface area contributed by atoms with Crippen LogP contribution in [0.25, 0.3) is 0 Å². The molecule has 3 rings (SSSR count). The molecular weight excluding hydrogens is 288 g/mol. The van der Waals surface area contributed by atoms with E-state index in [1.165, 1.54) is 32.1 Å². The first-order valence-corrected chi connectivity index (χ1v) is 8.03. The van der Waals surface area contributed by atoms with Crippen molar-refractivity contribution in [2.45, 2.75) is 45.1 Å². The number of ether oxygens (including phenoxy) is 1. The number of aryl methyl sites for hydroxylation is 1. The average molecular weight is 308 g/mol. The van der Waals surface area contributed by atoms with Crippen LogP contribution < -0.4 is 10.1 Å². The van der Waals surface area contributed by atoms with Crippen LogP contribution in [0.15, 0.2) is 30.3 Å². The molecule has 0 spiro atoms. The molecule has 1 aromatic heterocycles. The van der Waals surface area contributed by atoms with Crippen LogP contribution in [-0.2, 0) is 0 Å². The third-order valence-corrected chi connectivity index (χ3v) is 3.97. The third kappa shape index (κ3) is 4.19. The summed E-state index contributed by atoms with van der Waals surface area (Å²) in [6, 6.07) is 11.3. The van der Waals surface area contributed by atoms with Gasteiger partial charge in [-0.1, -0.05) is 19.3 Å². The zero-order valence-electron chi connectivity index (χ0n) is 13.2. The summed E-state index contributed by atoms with van der Waals surface area (Å²) in [6.07, 6.45) is 6.18. The molecule has 0 atom stereocenters. The van der Waals surface area contributed by atoms with Crippen molar-refractivity contribution in [3.63, 3.8) is 0 Å². The number of nitrogens with zero attached hydrogens (tertiary/aromatic N) is 3. The molecule has 0 amide bonds. The molecule has 0 saturated heterocycles. The number of anilines is 1. The second-order valence-electron chi connectivity index (χ2n) is 5.89. The molecule has 1 heterocycles. The van der Waals surface area contributed by atoms with Crippen molar-refractivity contribution in [2.75, 3.05) is 5.32 Å². The quantitative estimate of drug-likeness (QED) is 0.916. The van der Waals surface area contributed by atoms with Crippen molar-refractivity contribution < 1.29 is 4.74 Å². The van der Waals surface area contributed by atoms with Gasteiger partial charge in [-0.3, -0.25) is 0 Å². The highest BCUT2D eigenvalue weighted by Gasteiger charge is 2.15. The zero-order chi connectivity index (χ0) is 16.1. The van der Waals surface area contributed by atoms with E-state index in [0.29, 0.717) is 29.2 Å². The van der Waals surface area contributed by atoms with Crippen LogP contribution in [0.2, 0.25) is 0 Å². The Bertz CT molecular complexity index is 700. The van der Waals surface area contributed by atoms with Crippen molar-refractivity contribution in [2.24, 2.45) is 0 Å². The summed E-state index contributed by atoms with van der Waals surface area (Å²) >= 11 is 0. The summed E-state index contributed by atoms with van der Waals surface area (Å²) in [6.45, 7) is 1.93. The number of benzene rings is 1. The fourth-order valence-corrected chi connectivity index (χ4v) is 2.80. The van der Waals surface area contributed by atoms with Gasteiger partial charge in [-0.2, -0.15) is 10.2 Å². The Kier molecular flexibility index (Phi) is 4.72. The van der Waals surface area contributed by atoms with E-state index in [2.05, 4.69) is 21.4 Å². The van der Waals surface area contributed by atoms with Crippen molar-refractivity contribution in [3.8, 4) is 17.7 Å². The van der Waals surface area contributed by atoms with E-state index in [9.17, 15) is 0 Å². The number of rotatable bonds is 4. The minimum atomic E-state index is 0.452. The van der Waals surface area contributed by atoms with Gasteiger partial charge in [0, 0.05) is 17.8 Å². The van der Waals surface area contributed by atoms with Crippen LogP contribution in [0.3, 0.4) is 0 Å². The molecule has 23 heavy (non-hydrogen) atoms. The topological polar surface area (TPSA) is 70.8 Å². The van der Waals surface area contributed by atoms with Crippen molar-refractivity contribution in [1.29, 1.82) is 5.26 Å². The smallest absolute Gasteiger partial charge is 0.226 e. The first kappa shape index (κ1) is 15.3. The molecule has 2 aromatic rings. The highest BCUT2D eigenvalue weighted by molar-refractivity contribution is 5.38. The molecule has 118 valence electrons. The van der Waals surface area contributed by atoms with Gasteiger partial charge in [0.25, 0.3) is 0 Å². The summed E-state index contributed by atoms with van der Waals surface area (Å²) in [5, 5.41) is 12.2. The van der Waals surface area contributed by atoms with Crippen LogP contribution >= 0.6 is 0 Å². The van der Waals surface area contributed by atoms with Crippen LogP contribution in [0, 0.1) is 18.3 Å². The number of hydrogen-bond acceptors (Lipinski definition) is 5. The van der Waals surface area contributed by atoms with Gasteiger partial charge in [-0.05, 0) is 44.0 Å². The minimum absolute atomic E-state index is 0.452. The lowest BCUT2D eigenvalue weighted by Gasteiger charge is -2.22. The summed E-state index contributed by atoms with van der Waals surface area (Å²) in [4.78, 5) is 8.91. The normalized spacial score (nSPS) is 15.0. The molecule has 1 aliphatic rings. The van der Waals surface area contributed by atoms with Gasteiger partial charge in [0.2, 0.25) is 11.8 Å². The van der Waals surface area contributed by atoms with E-state index in [1.807, 2.05) is 13.0 Å². The lowest BCUT2D eigenvalue weighted by molar-refractivity contribution is 0.451. The van der Waals surface area contributed by atoms with Crippen LogP contribution in [0.4, 0.5) is 5.95 Å². The second-order valence-corrected chi connectivity index (χ2v) is 5.89. The Balaban J connectivity index is 1.72. The fourth-order valence-electron chi connectivity index (χ4n) is 2.80. The van der Waals surface area contributed by atoms with E-state index < -0.39 is 0 Å². The van der Waals surface area contributed by atoms with Gasteiger partial charge in [0.15, 0.2) is 0 Å². The summed E-state index contributed by atoms with van der Waals surface area (Å²) in [5.41, 5.74) is 1.47. The molecule has 1 N–H and O–H groups in total. The maximum atomic E-state index is 8.83. The molecule has 5 nitrogen and oxygen atoms in total. The van der Waals surface area contributed by atoms with Crippen LogP contribution in [-0.4, -0.2) is 16.0 Å². The van der Waals surface area contributed by atoms with Gasteiger partial charge in [0.1, 0.15) is 5.75 Å². The Morgan fingerprint density at radius 1 is 1.13 bits per heavy atom. The highest BCUT2D eigenvalue weighted by atomic mass is 16.5. The molecule has 1 saturated carbocycles. The monoisotopic (exact) mass is 308 g/mol. The van der Waals surface area contributed by atoms with Crippen LogP contribution in [0.5, 0.6) is 11.6 Å². The van der Waals surface area contributed by atoms with Gasteiger partial charge < -0.3 is 10.1 Å². The fraction of sp³-hybridized carbons (Fsp3) is 0.389. The van der Waals surface area contributed by atoms with Gasteiger partial charge in [-0.25, -0.2) is 4.98 Å². The third-order valence-electron chi connectivity index (χ3n) is 3.97. The molecule has 0 unspecified atom stereocenters. The molecule has 5 heteroatoms. The van der Waals surface area contributed by atoms with Gasteiger partial charge in [0.05, 0.1) is 11.6 Å². The highest BCUT2D eigenvalue weighted by Crippen LogP contribution is 2.24. The standard InChI is InChI=1S/C18H20N4O/c1-13-11-17(23-16-9-7-14(12-19)8-10-16)22-18(20-13)21-15-5-3-2-4-6-15/h7-11,15H,2-6H2,1H3,(H,20,21,22). The predicted octanol–water partition coefficient (Wildman–Crippen LogP) is 4.19. The average Bonchev–Trinajstić information content (AvgIpc) is 2.56. The van der Waals surface area contributed by atoms with E-state index >= 15 is 0 Å².